The van der Waals surface area contributed by atoms with Gasteiger partial charge in [0.2, 0.25) is 0 Å². The number of hydrogen-bond donors (Lipinski definition) is 2. The number of Topliss-reactive ketones (excluding diaryl/α,β-unsaturated/α-hetero) is 1. The summed E-state index contributed by atoms with van der Waals surface area (Å²) >= 11 is 0. The van der Waals surface area contributed by atoms with Crippen molar-refractivity contribution in [3.8, 4) is 5.75 Å². The Balaban J connectivity index is 1.12. The molecule has 5 aliphatic rings. The molecule has 2 N–H and O–H groups in total. The van der Waals surface area contributed by atoms with Gasteiger partial charge in [-0.05, 0) is 105 Å². The second-order valence-electron chi connectivity index (χ2n) is 13.3. The van der Waals surface area contributed by atoms with Gasteiger partial charge in [0.05, 0.1) is 32.0 Å². The fourth-order valence-corrected chi connectivity index (χ4v) is 9.62. The first-order chi connectivity index (χ1) is 17.9. The van der Waals surface area contributed by atoms with Crippen molar-refractivity contribution in [2.45, 2.75) is 103 Å². The molecule has 0 spiro atoms. The van der Waals surface area contributed by atoms with Gasteiger partial charge in [-0.2, -0.15) is 0 Å². The zero-order valence-corrected chi connectivity index (χ0v) is 22.9. The molecule has 1 aromatic rings. The first-order valence-corrected chi connectivity index (χ1v) is 15.2. The van der Waals surface area contributed by atoms with E-state index < -0.39 is 0 Å². The average molecular weight is 510 g/mol. The van der Waals surface area contributed by atoms with Crippen LogP contribution in [-0.2, 0) is 9.53 Å². The van der Waals surface area contributed by atoms with Crippen LogP contribution in [0.5, 0.6) is 5.75 Å². The molecule has 4 saturated carbocycles. The monoisotopic (exact) mass is 509 g/mol. The number of nitrogens with one attached hydrogen (secondary N) is 1. The van der Waals surface area contributed by atoms with Crippen LogP contribution in [0, 0.1) is 34.5 Å². The summed E-state index contributed by atoms with van der Waals surface area (Å²) < 4.78 is 12.2. The van der Waals surface area contributed by atoms with Gasteiger partial charge < -0.3 is 19.9 Å². The molecule has 1 heterocycles. The molecule has 5 heteroatoms. The zero-order chi connectivity index (χ0) is 25.6. The van der Waals surface area contributed by atoms with E-state index in [0.29, 0.717) is 48.2 Å². The molecule has 0 radical (unpaired) electrons. The van der Waals surface area contributed by atoms with Crippen LogP contribution in [0.25, 0.3) is 0 Å². The smallest absolute Gasteiger partial charge is 0.133 e. The van der Waals surface area contributed by atoms with E-state index in [-0.39, 0.29) is 17.6 Å². The van der Waals surface area contributed by atoms with Gasteiger partial charge in [0, 0.05) is 24.3 Å². The Morgan fingerprint density at radius 1 is 1.11 bits per heavy atom. The second-order valence-corrected chi connectivity index (χ2v) is 13.3. The Labute approximate surface area is 223 Å². The second kappa shape index (κ2) is 10.3. The summed E-state index contributed by atoms with van der Waals surface area (Å²) in [7, 11) is 0. The number of rotatable bonds is 6. The van der Waals surface area contributed by atoms with Gasteiger partial charge in [-0.3, -0.25) is 4.79 Å². The number of ketones is 1. The van der Waals surface area contributed by atoms with Crippen LogP contribution in [0.15, 0.2) is 24.3 Å². The van der Waals surface area contributed by atoms with E-state index >= 15 is 0 Å². The van der Waals surface area contributed by atoms with Crippen LogP contribution >= 0.6 is 0 Å². The normalized spacial score (nSPS) is 43.5. The zero-order valence-electron chi connectivity index (χ0n) is 22.9. The minimum Gasteiger partial charge on any atom is -0.494 e. The predicted molar refractivity (Wildman–Crippen MR) is 144 cm³/mol. The van der Waals surface area contributed by atoms with Gasteiger partial charge in [0.15, 0.2) is 0 Å². The molecule has 6 rings (SSSR count). The Kier molecular flexibility index (Phi) is 7.17. The van der Waals surface area contributed by atoms with E-state index in [1.807, 2.05) is 0 Å². The molecule has 4 aliphatic carbocycles. The van der Waals surface area contributed by atoms with E-state index in [2.05, 4.69) is 43.4 Å². The van der Waals surface area contributed by atoms with Crippen LogP contribution in [0.3, 0.4) is 0 Å². The third kappa shape index (κ3) is 4.57. The molecule has 9 atom stereocenters. The summed E-state index contributed by atoms with van der Waals surface area (Å²) in [6, 6.07) is 9.11. The van der Waals surface area contributed by atoms with Crippen molar-refractivity contribution in [3.63, 3.8) is 0 Å². The first kappa shape index (κ1) is 25.8. The van der Waals surface area contributed by atoms with E-state index in [1.165, 1.54) is 24.8 Å². The lowest BCUT2D eigenvalue weighted by Crippen LogP contribution is -2.55. The minimum absolute atomic E-state index is 0.000424. The van der Waals surface area contributed by atoms with Crippen molar-refractivity contribution in [1.82, 2.24) is 5.32 Å². The number of carbonyl (C=O) groups excluding carboxylic acids is 1. The molecule has 0 bridgehead atoms. The number of fused-ring (bicyclic) bond motifs is 5. The fraction of sp³-hybridized carbons (Fsp3) is 0.781. The van der Waals surface area contributed by atoms with Gasteiger partial charge in [-0.1, -0.05) is 26.0 Å². The molecular weight excluding hydrogens is 462 g/mol. The van der Waals surface area contributed by atoms with Crippen LogP contribution in [0.1, 0.15) is 96.1 Å². The van der Waals surface area contributed by atoms with Gasteiger partial charge >= 0.3 is 0 Å². The maximum absolute atomic E-state index is 12.2. The van der Waals surface area contributed by atoms with Crippen LogP contribution in [0.2, 0.25) is 0 Å². The number of morpholine rings is 1. The molecule has 1 saturated heterocycles. The van der Waals surface area contributed by atoms with Crippen molar-refractivity contribution in [2.24, 2.45) is 34.5 Å². The van der Waals surface area contributed by atoms with Crippen molar-refractivity contribution in [2.75, 3.05) is 19.8 Å². The standard InChI is InChI=1S/C32H47NO4/c1-3-23-19-36-20-29(33-23)21-5-4-6-25(17-21)37-16-15-32-14-12-27-26(28(32)9-10-30(32)35)8-7-22-18-24(34)11-13-31(22,27)2/h4-6,17,22-23,26-30,33,35H,3,7-16,18-20H2,1-2H3/t22?,23?,26?,27?,28?,29?,30-,31-,32+/m0/s1. The molecule has 0 aromatic heterocycles. The highest BCUT2D eigenvalue weighted by atomic mass is 16.5. The van der Waals surface area contributed by atoms with Gasteiger partial charge in [-0.15, -0.1) is 0 Å². The Morgan fingerprint density at radius 3 is 2.86 bits per heavy atom. The maximum atomic E-state index is 12.2. The highest BCUT2D eigenvalue weighted by Gasteiger charge is 2.61. The molecule has 5 fully saturated rings. The molecule has 1 aromatic carbocycles. The molecular formula is C32H47NO4. The number of carbonyl (C=O) groups is 1. The number of ether oxygens (including phenoxy) is 2. The van der Waals surface area contributed by atoms with Crippen LogP contribution in [-0.4, -0.2) is 42.9 Å². The van der Waals surface area contributed by atoms with Gasteiger partial charge in [-0.25, -0.2) is 0 Å². The quantitative estimate of drug-likeness (QED) is 0.504. The Bertz CT molecular complexity index is 981. The molecule has 6 unspecified atom stereocenters. The Morgan fingerprint density at radius 2 is 2.00 bits per heavy atom. The van der Waals surface area contributed by atoms with Crippen molar-refractivity contribution in [1.29, 1.82) is 0 Å². The molecule has 204 valence electrons. The summed E-state index contributed by atoms with van der Waals surface area (Å²) in [5.74, 6) is 4.01. The van der Waals surface area contributed by atoms with E-state index in [4.69, 9.17) is 9.47 Å². The lowest BCUT2D eigenvalue weighted by Gasteiger charge is -2.60. The van der Waals surface area contributed by atoms with Crippen molar-refractivity contribution >= 4 is 5.78 Å². The number of hydrogen-bond acceptors (Lipinski definition) is 5. The maximum Gasteiger partial charge on any atom is 0.133 e. The SMILES string of the molecule is CCC1COCC(c2cccc(OCC[C@]34CCC5C(CCC6CC(=O)CC[C@@]65C)C3CC[C@@H]4O)c2)N1. The van der Waals surface area contributed by atoms with Crippen molar-refractivity contribution in [3.05, 3.63) is 29.8 Å². The third-order valence-electron chi connectivity index (χ3n) is 11.8. The molecule has 0 amide bonds. The first-order valence-electron chi connectivity index (χ1n) is 15.2. The lowest BCUT2D eigenvalue weighted by molar-refractivity contribution is -0.145. The summed E-state index contributed by atoms with van der Waals surface area (Å²) in [5.41, 5.74) is 1.55. The van der Waals surface area contributed by atoms with Crippen molar-refractivity contribution < 1.29 is 19.4 Å². The topological polar surface area (TPSA) is 67.8 Å². The number of aliphatic hydroxyl groups is 1. The summed E-state index contributed by atoms with van der Waals surface area (Å²) in [4.78, 5) is 12.2. The summed E-state index contributed by atoms with van der Waals surface area (Å²) in [5, 5.41) is 15.0. The largest absolute Gasteiger partial charge is 0.494 e. The van der Waals surface area contributed by atoms with Crippen LogP contribution < -0.4 is 10.1 Å². The third-order valence-corrected chi connectivity index (χ3v) is 11.8. The molecule has 37 heavy (non-hydrogen) atoms. The minimum atomic E-state index is -0.207. The molecule has 5 nitrogen and oxygen atoms in total. The highest BCUT2D eigenvalue weighted by molar-refractivity contribution is 5.79. The van der Waals surface area contributed by atoms with Gasteiger partial charge in [0.1, 0.15) is 11.5 Å². The van der Waals surface area contributed by atoms with Crippen LogP contribution in [0.4, 0.5) is 0 Å². The van der Waals surface area contributed by atoms with E-state index in [1.54, 1.807) is 0 Å². The number of aliphatic hydroxyl groups excluding tert-OH is 1. The fourth-order valence-electron chi connectivity index (χ4n) is 9.62. The van der Waals surface area contributed by atoms with E-state index in [0.717, 1.165) is 69.6 Å². The Hall–Kier alpha value is -1.43. The lowest BCUT2D eigenvalue weighted by atomic mass is 9.44. The molecule has 1 aliphatic heterocycles. The highest BCUT2D eigenvalue weighted by Crippen LogP contribution is 2.66. The average Bonchev–Trinajstić information content (AvgIpc) is 3.25. The van der Waals surface area contributed by atoms with Gasteiger partial charge in [0.25, 0.3) is 0 Å². The predicted octanol–water partition coefficient (Wildman–Crippen LogP) is 5.85. The summed E-state index contributed by atoms with van der Waals surface area (Å²) in [6.45, 7) is 6.85. The van der Waals surface area contributed by atoms with E-state index in [9.17, 15) is 9.90 Å². The number of benzene rings is 1. The summed E-state index contributed by atoms with van der Waals surface area (Å²) in [6.07, 6.45) is 11.3.